The van der Waals surface area contributed by atoms with Crippen molar-refractivity contribution in [1.29, 1.82) is 0 Å². The highest BCUT2D eigenvalue weighted by molar-refractivity contribution is 7.13. The van der Waals surface area contributed by atoms with Gasteiger partial charge in [-0.25, -0.2) is 13.8 Å². The van der Waals surface area contributed by atoms with Gasteiger partial charge in [-0.05, 0) is 63.1 Å². The van der Waals surface area contributed by atoms with Crippen molar-refractivity contribution in [3.63, 3.8) is 0 Å². The molecule has 0 radical (unpaired) electrons. The van der Waals surface area contributed by atoms with E-state index in [4.69, 9.17) is 0 Å². The van der Waals surface area contributed by atoms with E-state index in [2.05, 4.69) is 54.3 Å². The Morgan fingerprint density at radius 1 is 1.21 bits per heavy atom. The Morgan fingerprint density at radius 3 is 2.48 bits per heavy atom. The van der Waals surface area contributed by atoms with Gasteiger partial charge in [-0.1, -0.05) is 24.6 Å². The predicted molar refractivity (Wildman–Crippen MR) is 132 cm³/mol. The summed E-state index contributed by atoms with van der Waals surface area (Å²) in [7, 11) is 2.04. The second kappa shape index (κ2) is 10.5. The van der Waals surface area contributed by atoms with Gasteiger partial charge < -0.3 is 10.2 Å². The van der Waals surface area contributed by atoms with Gasteiger partial charge in [0.25, 0.3) is 5.91 Å². The Labute approximate surface area is 197 Å². The zero-order valence-electron chi connectivity index (χ0n) is 19.4. The largest absolute Gasteiger partial charge is 0.350 e. The number of carbonyl (C=O) groups excluding carboxylic acids is 1. The lowest BCUT2D eigenvalue weighted by atomic mass is 10.1. The molecule has 33 heavy (non-hydrogen) atoms. The molecule has 0 bridgehead atoms. The summed E-state index contributed by atoms with van der Waals surface area (Å²) in [4.78, 5) is 21.0. The Morgan fingerprint density at radius 2 is 1.91 bits per heavy atom. The lowest BCUT2D eigenvalue weighted by molar-refractivity contribution is 0.101. The highest BCUT2D eigenvalue weighted by Crippen LogP contribution is 2.35. The zero-order chi connectivity index (χ0) is 24.1. The van der Waals surface area contributed by atoms with Crippen molar-refractivity contribution in [3.8, 4) is 11.1 Å². The fourth-order valence-corrected chi connectivity index (χ4v) is 4.59. The van der Waals surface area contributed by atoms with Gasteiger partial charge in [0.1, 0.15) is 23.0 Å². The van der Waals surface area contributed by atoms with Crippen LogP contribution in [0.15, 0.2) is 60.4 Å². The number of rotatable bonds is 7. The number of anilines is 1. The molecule has 0 aliphatic heterocycles. The van der Waals surface area contributed by atoms with Crippen LogP contribution < -0.4 is 5.32 Å². The van der Waals surface area contributed by atoms with Crippen LogP contribution >= 0.6 is 11.3 Å². The van der Waals surface area contributed by atoms with Crippen LogP contribution in [0.2, 0.25) is 0 Å². The number of aryl methyl sites for hydroxylation is 1. The second-order valence-corrected chi connectivity index (χ2v) is 8.93. The molecule has 4 nitrogen and oxygen atoms in total. The quantitative estimate of drug-likeness (QED) is 0.398. The van der Waals surface area contributed by atoms with E-state index in [1.54, 1.807) is 23.6 Å². The van der Waals surface area contributed by atoms with Crippen LogP contribution in [0.4, 0.5) is 14.6 Å². The molecule has 0 aliphatic rings. The van der Waals surface area contributed by atoms with Gasteiger partial charge >= 0.3 is 0 Å². The topological polar surface area (TPSA) is 45.2 Å². The number of allylic oxidation sites excluding steroid dienone is 2. The minimum atomic E-state index is -0.917. The van der Waals surface area contributed by atoms with E-state index in [9.17, 15) is 13.6 Å². The van der Waals surface area contributed by atoms with Crippen LogP contribution in [0.1, 0.15) is 47.3 Å². The summed E-state index contributed by atoms with van der Waals surface area (Å²) in [6, 6.07) is 8.88. The van der Waals surface area contributed by atoms with Crippen LogP contribution in [0.3, 0.4) is 0 Å². The van der Waals surface area contributed by atoms with E-state index in [-0.39, 0.29) is 5.82 Å². The summed E-state index contributed by atoms with van der Waals surface area (Å²) in [5.74, 6) is -2.50. The summed E-state index contributed by atoms with van der Waals surface area (Å²) in [5.41, 5.74) is 3.72. The smallest absolute Gasteiger partial charge is 0.262 e. The number of nitrogens with zero attached hydrogens (tertiary/aromatic N) is 2. The third-order valence-corrected chi connectivity index (χ3v) is 6.37. The molecular formula is C26H27F2N3OS. The molecule has 3 rings (SSSR count). The van der Waals surface area contributed by atoms with E-state index in [1.165, 1.54) is 11.6 Å². The first-order valence-corrected chi connectivity index (χ1v) is 11.5. The molecule has 0 saturated carbocycles. The van der Waals surface area contributed by atoms with Crippen LogP contribution in [0.25, 0.3) is 16.8 Å². The zero-order valence-corrected chi connectivity index (χ0v) is 20.2. The van der Waals surface area contributed by atoms with E-state index < -0.39 is 23.1 Å². The van der Waals surface area contributed by atoms with Gasteiger partial charge in [0.2, 0.25) is 0 Å². The molecule has 0 atom stereocenters. The van der Waals surface area contributed by atoms with Gasteiger partial charge in [0.05, 0.1) is 10.6 Å². The first kappa shape index (κ1) is 24.3. The number of halogens is 2. The van der Waals surface area contributed by atoms with Crippen LogP contribution in [-0.4, -0.2) is 22.8 Å². The van der Waals surface area contributed by atoms with E-state index in [0.717, 1.165) is 45.1 Å². The maximum absolute atomic E-state index is 13.8. The summed E-state index contributed by atoms with van der Waals surface area (Å²) >= 11 is 1.70. The molecule has 0 spiro atoms. The molecule has 2 heterocycles. The van der Waals surface area contributed by atoms with Gasteiger partial charge in [0.15, 0.2) is 0 Å². The SMILES string of the molecule is C/C=C(/c1cc(-c2ccc(NC(=O)c3c(F)cccc3F)nc2)c(C)s1)N(C)/C=C(\C)CC. The Bertz CT molecular complexity index is 1190. The number of hydrogen-bond acceptors (Lipinski definition) is 4. The Balaban J connectivity index is 1.82. The van der Waals surface area contributed by atoms with Gasteiger partial charge in [0, 0.05) is 29.9 Å². The van der Waals surface area contributed by atoms with E-state index in [0.29, 0.717) is 0 Å². The standard InChI is InChI=1S/C26H27F2N3OS/c1-6-16(3)15-31(5)22(7-2)23-13-19(17(4)33-23)18-11-12-24(29-14-18)30-26(32)25-20(27)9-8-10-21(25)28/h7-15H,6H2,1-5H3,(H,29,30,32)/b16-15+,22-7-. The van der Waals surface area contributed by atoms with E-state index >= 15 is 0 Å². The Hall–Kier alpha value is -3.32. The number of nitrogens with one attached hydrogen (secondary N) is 1. The number of benzene rings is 1. The molecule has 1 aromatic carbocycles. The maximum Gasteiger partial charge on any atom is 0.262 e. The first-order valence-electron chi connectivity index (χ1n) is 10.6. The summed E-state index contributed by atoms with van der Waals surface area (Å²) in [6.45, 7) is 8.32. The minimum Gasteiger partial charge on any atom is -0.350 e. The minimum absolute atomic E-state index is 0.216. The molecule has 2 aromatic heterocycles. The molecule has 3 aromatic rings. The number of hydrogen-bond donors (Lipinski definition) is 1. The van der Waals surface area contributed by atoms with E-state index in [1.807, 2.05) is 20.0 Å². The van der Waals surface area contributed by atoms with Gasteiger partial charge in [-0.15, -0.1) is 11.3 Å². The maximum atomic E-state index is 13.8. The second-order valence-electron chi connectivity index (χ2n) is 7.68. The molecule has 7 heteroatoms. The van der Waals surface area contributed by atoms with Gasteiger partial charge in [-0.3, -0.25) is 4.79 Å². The first-order chi connectivity index (χ1) is 15.7. The summed E-state index contributed by atoms with van der Waals surface area (Å²) in [6.07, 6.45) is 6.87. The van der Waals surface area contributed by atoms with Crippen molar-refractivity contribution < 1.29 is 13.6 Å². The average Bonchev–Trinajstić information content (AvgIpc) is 3.15. The molecule has 1 N–H and O–H groups in total. The summed E-state index contributed by atoms with van der Waals surface area (Å²) in [5, 5.41) is 2.45. The van der Waals surface area contributed by atoms with Crippen LogP contribution in [-0.2, 0) is 0 Å². The molecule has 0 aliphatic carbocycles. The average molecular weight is 468 g/mol. The molecule has 0 saturated heterocycles. The molecule has 172 valence electrons. The highest BCUT2D eigenvalue weighted by Gasteiger charge is 2.18. The predicted octanol–water partition coefficient (Wildman–Crippen LogP) is 7.26. The van der Waals surface area contributed by atoms with Crippen molar-refractivity contribution in [3.05, 3.63) is 87.4 Å². The van der Waals surface area contributed by atoms with Crippen LogP contribution in [0.5, 0.6) is 0 Å². The highest BCUT2D eigenvalue weighted by atomic mass is 32.1. The number of aromatic nitrogens is 1. The lowest BCUT2D eigenvalue weighted by Gasteiger charge is -2.18. The molecule has 0 unspecified atom stereocenters. The third kappa shape index (κ3) is 5.54. The number of pyridine rings is 1. The molecule has 0 fully saturated rings. The number of thiophene rings is 1. The molecular weight excluding hydrogens is 440 g/mol. The fourth-order valence-electron chi connectivity index (χ4n) is 3.43. The lowest BCUT2D eigenvalue weighted by Crippen LogP contribution is -2.16. The summed E-state index contributed by atoms with van der Waals surface area (Å²) < 4.78 is 27.7. The van der Waals surface area contributed by atoms with Crippen molar-refractivity contribution in [2.75, 3.05) is 12.4 Å². The number of amides is 1. The van der Waals surface area contributed by atoms with Crippen molar-refractivity contribution in [2.45, 2.75) is 34.1 Å². The van der Waals surface area contributed by atoms with Crippen molar-refractivity contribution in [2.24, 2.45) is 0 Å². The molecule has 1 amide bonds. The fraction of sp³-hybridized carbons (Fsp3) is 0.231. The monoisotopic (exact) mass is 467 g/mol. The van der Waals surface area contributed by atoms with Crippen molar-refractivity contribution >= 4 is 28.8 Å². The normalized spacial score (nSPS) is 12.1. The Kier molecular flexibility index (Phi) is 7.76. The van der Waals surface area contributed by atoms with Gasteiger partial charge in [-0.2, -0.15) is 0 Å². The third-order valence-electron chi connectivity index (χ3n) is 5.30. The van der Waals surface area contributed by atoms with Crippen LogP contribution in [0, 0.1) is 18.6 Å². The number of carbonyl (C=O) groups is 1. The van der Waals surface area contributed by atoms with Crippen molar-refractivity contribution in [1.82, 2.24) is 9.88 Å².